The highest BCUT2D eigenvalue weighted by molar-refractivity contribution is 5.85. The molecule has 0 saturated heterocycles. The molecule has 1 aliphatic carbocycles. The summed E-state index contributed by atoms with van der Waals surface area (Å²) < 4.78 is 0. The summed E-state index contributed by atoms with van der Waals surface area (Å²) in [6.45, 7) is 1.75. The van der Waals surface area contributed by atoms with E-state index in [0.29, 0.717) is 12.0 Å². The standard InChI is InChI=1S/C15H16N4.2ClH/c1-2-4-10(5-3-1)12-6-13(12)18-15-17-8-11-7-16-9-14(11)19-15;;/h1-5,8,12-13,16H,6-7,9H2,(H,17,18,19);2*1H. The smallest absolute Gasteiger partial charge is 0.223 e. The van der Waals surface area contributed by atoms with E-state index in [1.807, 2.05) is 6.20 Å². The van der Waals surface area contributed by atoms with Gasteiger partial charge in [0.25, 0.3) is 0 Å². The number of halogens is 2. The molecule has 2 atom stereocenters. The zero-order valence-electron chi connectivity index (χ0n) is 11.5. The first-order chi connectivity index (χ1) is 9.40. The van der Waals surface area contributed by atoms with Crippen LogP contribution in [0.5, 0.6) is 0 Å². The number of fused-ring (bicyclic) bond motifs is 1. The van der Waals surface area contributed by atoms with Gasteiger partial charge in [-0.25, -0.2) is 9.97 Å². The Labute approximate surface area is 136 Å². The normalized spacial score (nSPS) is 21.7. The quantitative estimate of drug-likeness (QED) is 0.911. The highest BCUT2D eigenvalue weighted by Crippen LogP contribution is 2.42. The molecule has 0 amide bonds. The Balaban J connectivity index is 0.000000807. The zero-order valence-corrected chi connectivity index (χ0v) is 13.1. The second-order valence-electron chi connectivity index (χ2n) is 5.27. The van der Waals surface area contributed by atoms with Crippen LogP contribution in [0.25, 0.3) is 0 Å². The minimum Gasteiger partial charge on any atom is -0.351 e. The van der Waals surface area contributed by atoms with E-state index in [1.165, 1.54) is 17.5 Å². The first-order valence-corrected chi connectivity index (χ1v) is 6.77. The first-order valence-electron chi connectivity index (χ1n) is 6.77. The molecule has 0 bridgehead atoms. The lowest BCUT2D eigenvalue weighted by atomic mass is 10.1. The number of nitrogens with zero attached hydrogens (tertiary/aromatic N) is 2. The van der Waals surface area contributed by atoms with Crippen LogP contribution in [0, 0.1) is 0 Å². The average Bonchev–Trinajstić information content (AvgIpc) is 3.06. The summed E-state index contributed by atoms with van der Waals surface area (Å²) in [5.41, 5.74) is 3.76. The van der Waals surface area contributed by atoms with E-state index >= 15 is 0 Å². The molecule has 21 heavy (non-hydrogen) atoms. The summed E-state index contributed by atoms with van der Waals surface area (Å²) in [6.07, 6.45) is 3.10. The number of anilines is 1. The molecule has 2 aliphatic rings. The average molecular weight is 325 g/mol. The third kappa shape index (κ3) is 3.28. The van der Waals surface area contributed by atoms with E-state index in [1.54, 1.807) is 0 Å². The van der Waals surface area contributed by atoms with Crippen molar-refractivity contribution in [2.75, 3.05) is 5.32 Å². The van der Waals surface area contributed by atoms with Gasteiger partial charge in [0.05, 0.1) is 5.69 Å². The molecule has 2 N–H and O–H groups in total. The van der Waals surface area contributed by atoms with Crippen molar-refractivity contribution in [3.8, 4) is 0 Å². The maximum atomic E-state index is 4.58. The van der Waals surface area contributed by atoms with E-state index in [0.717, 1.165) is 24.7 Å². The van der Waals surface area contributed by atoms with Crippen LogP contribution in [-0.4, -0.2) is 16.0 Å². The van der Waals surface area contributed by atoms with Gasteiger partial charge in [-0.05, 0) is 12.0 Å². The number of hydrogen-bond acceptors (Lipinski definition) is 4. The van der Waals surface area contributed by atoms with Crippen molar-refractivity contribution in [1.29, 1.82) is 0 Å². The highest BCUT2D eigenvalue weighted by Gasteiger charge is 2.38. The van der Waals surface area contributed by atoms with E-state index in [2.05, 4.69) is 50.9 Å². The number of rotatable bonds is 3. The number of aromatic nitrogens is 2. The fourth-order valence-corrected chi connectivity index (χ4v) is 2.72. The third-order valence-electron chi connectivity index (χ3n) is 3.89. The lowest BCUT2D eigenvalue weighted by Gasteiger charge is -2.05. The zero-order chi connectivity index (χ0) is 12.7. The van der Waals surface area contributed by atoms with Crippen LogP contribution in [0.1, 0.15) is 29.2 Å². The van der Waals surface area contributed by atoms with Crippen molar-refractivity contribution >= 4 is 30.8 Å². The molecular formula is C15H18Cl2N4. The van der Waals surface area contributed by atoms with Crippen LogP contribution < -0.4 is 10.6 Å². The minimum atomic E-state index is 0. The van der Waals surface area contributed by atoms with Gasteiger partial charge >= 0.3 is 0 Å². The molecule has 1 fully saturated rings. The topological polar surface area (TPSA) is 49.8 Å². The van der Waals surface area contributed by atoms with Crippen LogP contribution >= 0.6 is 24.8 Å². The van der Waals surface area contributed by atoms with Crippen LogP contribution in [0.4, 0.5) is 5.95 Å². The van der Waals surface area contributed by atoms with Crippen molar-refractivity contribution in [2.24, 2.45) is 0 Å². The van der Waals surface area contributed by atoms with Gasteiger partial charge in [0.1, 0.15) is 0 Å². The van der Waals surface area contributed by atoms with E-state index in [-0.39, 0.29) is 24.8 Å². The minimum absolute atomic E-state index is 0. The molecule has 1 saturated carbocycles. The van der Waals surface area contributed by atoms with E-state index in [9.17, 15) is 0 Å². The summed E-state index contributed by atoms with van der Waals surface area (Å²) in [4.78, 5) is 8.97. The van der Waals surface area contributed by atoms with Crippen molar-refractivity contribution in [1.82, 2.24) is 15.3 Å². The van der Waals surface area contributed by atoms with Gasteiger partial charge in [0.2, 0.25) is 5.95 Å². The molecule has 4 rings (SSSR count). The van der Waals surface area contributed by atoms with Crippen LogP contribution in [0.3, 0.4) is 0 Å². The molecule has 0 spiro atoms. The monoisotopic (exact) mass is 324 g/mol. The Hall–Kier alpha value is -1.36. The molecule has 4 nitrogen and oxygen atoms in total. The fourth-order valence-electron chi connectivity index (χ4n) is 2.72. The van der Waals surface area contributed by atoms with Gasteiger partial charge in [0.15, 0.2) is 0 Å². The molecule has 2 heterocycles. The van der Waals surface area contributed by atoms with Crippen LogP contribution in [0.2, 0.25) is 0 Å². The number of nitrogens with one attached hydrogen (secondary N) is 2. The van der Waals surface area contributed by atoms with Crippen molar-refractivity contribution in [2.45, 2.75) is 31.5 Å². The Morgan fingerprint density at radius 3 is 2.71 bits per heavy atom. The Morgan fingerprint density at radius 1 is 1.10 bits per heavy atom. The second kappa shape index (κ2) is 6.60. The second-order valence-corrected chi connectivity index (χ2v) is 5.27. The van der Waals surface area contributed by atoms with Gasteiger partial charge in [-0.2, -0.15) is 0 Å². The lowest BCUT2D eigenvalue weighted by Crippen LogP contribution is -2.09. The predicted octanol–water partition coefficient (Wildman–Crippen LogP) is 2.89. The van der Waals surface area contributed by atoms with Gasteiger partial charge in [-0.1, -0.05) is 30.3 Å². The van der Waals surface area contributed by atoms with E-state index < -0.39 is 0 Å². The van der Waals surface area contributed by atoms with Gasteiger partial charge < -0.3 is 10.6 Å². The molecule has 112 valence electrons. The van der Waals surface area contributed by atoms with Gasteiger partial charge in [0, 0.05) is 36.8 Å². The largest absolute Gasteiger partial charge is 0.351 e. The van der Waals surface area contributed by atoms with Crippen molar-refractivity contribution < 1.29 is 0 Å². The lowest BCUT2D eigenvalue weighted by molar-refractivity contribution is 0.757. The van der Waals surface area contributed by atoms with Crippen LogP contribution in [-0.2, 0) is 13.1 Å². The SMILES string of the molecule is Cl.Cl.c1ccc(C2CC2Nc2ncc3c(n2)CNC3)cc1. The number of hydrogen-bond donors (Lipinski definition) is 2. The van der Waals surface area contributed by atoms with Crippen LogP contribution in [0.15, 0.2) is 36.5 Å². The highest BCUT2D eigenvalue weighted by atomic mass is 35.5. The summed E-state index contributed by atoms with van der Waals surface area (Å²) in [7, 11) is 0. The Kier molecular flexibility index (Phi) is 5.04. The van der Waals surface area contributed by atoms with E-state index in [4.69, 9.17) is 0 Å². The summed E-state index contributed by atoms with van der Waals surface area (Å²) in [5.74, 6) is 1.38. The number of benzene rings is 1. The van der Waals surface area contributed by atoms with Gasteiger partial charge in [-0.3, -0.25) is 0 Å². The molecule has 1 aromatic carbocycles. The van der Waals surface area contributed by atoms with Crippen molar-refractivity contribution in [3.63, 3.8) is 0 Å². The Bertz CT molecular complexity index is 606. The van der Waals surface area contributed by atoms with Gasteiger partial charge in [-0.15, -0.1) is 24.8 Å². The maximum absolute atomic E-state index is 4.58. The fraction of sp³-hybridized carbons (Fsp3) is 0.333. The Morgan fingerprint density at radius 2 is 1.90 bits per heavy atom. The molecule has 1 aromatic heterocycles. The maximum Gasteiger partial charge on any atom is 0.223 e. The molecule has 0 radical (unpaired) electrons. The summed E-state index contributed by atoms with van der Waals surface area (Å²) in [5, 5.41) is 6.73. The molecule has 2 unspecified atom stereocenters. The summed E-state index contributed by atoms with van der Waals surface area (Å²) in [6, 6.07) is 11.1. The van der Waals surface area contributed by atoms with Crippen molar-refractivity contribution in [3.05, 3.63) is 53.3 Å². The summed E-state index contributed by atoms with van der Waals surface area (Å²) >= 11 is 0. The molecular weight excluding hydrogens is 307 g/mol. The third-order valence-corrected chi connectivity index (χ3v) is 3.89. The molecule has 6 heteroatoms. The predicted molar refractivity (Wildman–Crippen MR) is 88.3 cm³/mol. The molecule has 2 aromatic rings. The first kappa shape index (κ1) is 16.0. The molecule has 1 aliphatic heterocycles.